The molecular formula is C27H38N4O4. The number of fused-ring (bicyclic) bond motifs is 2. The first-order valence-electron chi connectivity index (χ1n) is 12.9. The Morgan fingerprint density at radius 2 is 1.86 bits per heavy atom. The number of hydrogen-bond acceptors (Lipinski definition) is 6. The smallest absolute Gasteiger partial charge is 0.256 e. The molecule has 0 radical (unpaired) electrons. The van der Waals surface area contributed by atoms with Crippen LogP contribution in [0.15, 0.2) is 30.0 Å². The van der Waals surface area contributed by atoms with Gasteiger partial charge in [-0.3, -0.25) is 9.59 Å². The van der Waals surface area contributed by atoms with Crippen molar-refractivity contribution in [3.05, 3.63) is 35.6 Å². The standard InChI is InChI=1S/C27H38N4O4/c1-18(28)21(16-32)25(33)31-24(19-7-5-3-2-4-6-8-19)26(34)30-20-9-10-22-23(15-20)29-17-27(22)11-13-35-14-12-27/h9-10,15-16,19,24,28-29,32H,2-8,11-14,17H2,1H3,(H,30,34)(H,31,33)/b21-16+,28-18?. The molecule has 2 fully saturated rings. The van der Waals surface area contributed by atoms with Crippen molar-refractivity contribution in [3.63, 3.8) is 0 Å². The zero-order valence-corrected chi connectivity index (χ0v) is 20.6. The summed E-state index contributed by atoms with van der Waals surface area (Å²) in [5, 5.41) is 26.6. The molecule has 2 aliphatic heterocycles. The molecule has 4 rings (SSSR count). The van der Waals surface area contributed by atoms with Crippen LogP contribution in [0.4, 0.5) is 11.4 Å². The van der Waals surface area contributed by atoms with Crippen LogP contribution >= 0.6 is 0 Å². The van der Waals surface area contributed by atoms with Crippen LogP contribution in [0.2, 0.25) is 0 Å². The van der Waals surface area contributed by atoms with E-state index < -0.39 is 11.9 Å². The number of carbonyl (C=O) groups excluding carboxylic acids is 2. The summed E-state index contributed by atoms with van der Waals surface area (Å²) < 4.78 is 5.57. The predicted octanol–water partition coefficient (Wildman–Crippen LogP) is 4.43. The fourth-order valence-corrected chi connectivity index (χ4v) is 5.78. The minimum atomic E-state index is -0.738. The van der Waals surface area contributed by atoms with Crippen LogP contribution in [-0.2, 0) is 19.7 Å². The number of nitrogens with one attached hydrogen (secondary N) is 4. The van der Waals surface area contributed by atoms with Crippen LogP contribution in [0.1, 0.15) is 70.3 Å². The number of anilines is 2. The van der Waals surface area contributed by atoms with Gasteiger partial charge in [0.1, 0.15) is 6.04 Å². The van der Waals surface area contributed by atoms with Crippen LogP contribution in [-0.4, -0.2) is 48.4 Å². The molecule has 35 heavy (non-hydrogen) atoms. The number of rotatable bonds is 6. The van der Waals surface area contributed by atoms with E-state index in [1.54, 1.807) is 0 Å². The van der Waals surface area contributed by atoms with Crippen molar-refractivity contribution in [1.82, 2.24) is 5.32 Å². The van der Waals surface area contributed by atoms with Crippen LogP contribution in [0.5, 0.6) is 0 Å². The first-order chi connectivity index (χ1) is 16.9. The summed E-state index contributed by atoms with van der Waals surface area (Å²) >= 11 is 0. The van der Waals surface area contributed by atoms with Crippen molar-refractivity contribution in [2.75, 3.05) is 30.4 Å². The average molecular weight is 483 g/mol. The van der Waals surface area contributed by atoms with Gasteiger partial charge in [-0.15, -0.1) is 0 Å². The molecule has 190 valence electrons. The van der Waals surface area contributed by atoms with E-state index in [2.05, 4.69) is 22.0 Å². The van der Waals surface area contributed by atoms with Crippen molar-refractivity contribution in [3.8, 4) is 0 Å². The highest BCUT2D eigenvalue weighted by molar-refractivity contribution is 6.20. The van der Waals surface area contributed by atoms with E-state index in [0.717, 1.165) is 76.8 Å². The van der Waals surface area contributed by atoms with E-state index in [1.807, 2.05) is 12.1 Å². The lowest BCUT2D eigenvalue weighted by atomic mass is 9.76. The van der Waals surface area contributed by atoms with Crippen LogP contribution in [0, 0.1) is 11.3 Å². The molecule has 1 unspecified atom stereocenters. The predicted molar refractivity (Wildman–Crippen MR) is 137 cm³/mol. The molecular weight excluding hydrogens is 444 g/mol. The van der Waals surface area contributed by atoms with Gasteiger partial charge in [-0.05, 0) is 56.2 Å². The lowest BCUT2D eigenvalue weighted by molar-refractivity contribution is -0.125. The second-order valence-corrected chi connectivity index (χ2v) is 10.2. The fraction of sp³-hybridized carbons (Fsp3) is 0.593. The lowest BCUT2D eigenvalue weighted by Crippen LogP contribution is -2.49. The third kappa shape index (κ3) is 5.69. The van der Waals surface area contributed by atoms with Gasteiger partial charge in [0, 0.05) is 42.3 Å². The van der Waals surface area contributed by atoms with Gasteiger partial charge in [-0.2, -0.15) is 0 Å². The Labute approximate surface area is 207 Å². The summed E-state index contributed by atoms with van der Waals surface area (Å²) in [6.07, 6.45) is 9.83. The zero-order chi connectivity index (χ0) is 24.8. The molecule has 3 aliphatic rings. The minimum Gasteiger partial charge on any atom is -0.515 e. The SMILES string of the molecule is CC(=N)/C(=C\O)C(=O)NC(C(=O)Nc1ccc2c(c1)NCC21CCOCC1)C1CCCCCCC1. The normalized spacial score (nSPS) is 21.2. The van der Waals surface area contributed by atoms with Crippen molar-refractivity contribution in [2.24, 2.45) is 5.92 Å². The Morgan fingerprint density at radius 3 is 2.51 bits per heavy atom. The number of amides is 2. The first kappa shape index (κ1) is 25.2. The molecule has 1 saturated heterocycles. The van der Waals surface area contributed by atoms with Crippen molar-refractivity contribution < 1.29 is 19.4 Å². The Balaban J connectivity index is 1.52. The van der Waals surface area contributed by atoms with Crippen molar-refractivity contribution >= 4 is 28.9 Å². The van der Waals surface area contributed by atoms with Gasteiger partial charge >= 0.3 is 0 Å². The van der Waals surface area contributed by atoms with Gasteiger partial charge in [0.2, 0.25) is 5.91 Å². The molecule has 5 N–H and O–H groups in total. The largest absolute Gasteiger partial charge is 0.515 e. The summed E-state index contributed by atoms with van der Waals surface area (Å²) in [4.78, 5) is 26.3. The summed E-state index contributed by atoms with van der Waals surface area (Å²) in [7, 11) is 0. The Bertz CT molecular complexity index is 975. The van der Waals surface area contributed by atoms with Gasteiger partial charge in [0.05, 0.1) is 11.8 Å². The second-order valence-electron chi connectivity index (χ2n) is 10.2. The number of aliphatic hydroxyl groups is 1. The molecule has 1 aromatic carbocycles. The molecule has 8 nitrogen and oxygen atoms in total. The lowest BCUT2D eigenvalue weighted by Gasteiger charge is -2.33. The monoisotopic (exact) mass is 482 g/mol. The maximum Gasteiger partial charge on any atom is 0.256 e. The fourth-order valence-electron chi connectivity index (χ4n) is 5.78. The molecule has 8 heteroatoms. The van der Waals surface area contributed by atoms with Gasteiger partial charge in [-0.25, -0.2) is 0 Å². The molecule has 1 aromatic rings. The van der Waals surface area contributed by atoms with E-state index >= 15 is 0 Å². The number of benzene rings is 1. The minimum absolute atomic E-state index is 0.00305. The molecule has 1 spiro atoms. The van der Waals surface area contributed by atoms with E-state index in [0.29, 0.717) is 11.9 Å². The van der Waals surface area contributed by atoms with Crippen LogP contribution in [0.3, 0.4) is 0 Å². The summed E-state index contributed by atoms with van der Waals surface area (Å²) in [6.45, 7) is 3.85. The third-order valence-electron chi connectivity index (χ3n) is 7.89. The topological polar surface area (TPSA) is 124 Å². The quantitative estimate of drug-likeness (QED) is 0.233. The maximum atomic E-state index is 13.5. The summed E-state index contributed by atoms with van der Waals surface area (Å²) in [5.74, 6) is -0.856. The summed E-state index contributed by atoms with van der Waals surface area (Å²) in [5.41, 5.74) is 2.94. The molecule has 1 aliphatic carbocycles. The van der Waals surface area contributed by atoms with E-state index in [-0.39, 0.29) is 28.5 Å². The highest BCUT2D eigenvalue weighted by Crippen LogP contribution is 2.44. The maximum absolute atomic E-state index is 13.5. The summed E-state index contributed by atoms with van der Waals surface area (Å²) in [6, 6.07) is 5.29. The second kappa shape index (κ2) is 11.2. The molecule has 1 atom stereocenters. The molecule has 0 bridgehead atoms. The highest BCUT2D eigenvalue weighted by atomic mass is 16.5. The van der Waals surface area contributed by atoms with E-state index in [1.165, 1.54) is 18.9 Å². The Hall–Kier alpha value is -2.87. The van der Waals surface area contributed by atoms with E-state index in [4.69, 9.17) is 10.1 Å². The Kier molecular flexibility index (Phi) is 8.11. The van der Waals surface area contributed by atoms with Gasteiger partial charge in [0.25, 0.3) is 5.91 Å². The number of aliphatic hydroxyl groups excluding tert-OH is 1. The van der Waals surface area contributed by atoms with Gasteiger partial charge < -0.3 is 31.2 Å². The number of hydrogen-bond donors (Lipinski definition) is 5. The van der Waals surface area contributed by atoms with Gasteiger partial charge in [0.15, 0.2) is 0 Å². The van der Waals surface area contributed by atoms with Crippen molar-refractivity contribution in [1.29, 1.82) is 5.41 Å². The first-order valence-corrected chi connectivity index (χ1v) is 12.9. The Morgan fingerprint density at radius 1 is 1.17 bits per heavy atom. The van der Waals surface area contributed by atoms with E-state index in [9.17, 15) is 14.7 Å². The van der Waals surface area contributed by atoms with Crippen molar-refractivity contribution in [2.45, 2.75) is 76.2 Å². The zero-order valence-electron chi connectivity index (χ0n) is 20.6. The molecule has 2 heterocycles. The van der Waals surface area contributed by atoms with Crippen LogP contribution < -0.4 is 16.0 Å². The average Bonchev–Trinajstić information content (AvgIpc) is 3.15. The highest BCUT2D eigenvalue weighted by Gasteiger charge is 2.40. The molecule has 0 aromatic heterocycles. The number of carbonyl (C=O) groups is 2. The molecule has 2 amide bonds. The number of ether oxygens (including phenoxy) is 1. The van der Waals surface area contributed by atoms with Gasteiger partial charge in [-0.1, -0.05) is 38.2 Å². The van der Waals surface area contributed by atoms with Crippen LogP contribution in [0.25, 0.3) is 0 Å². The molecule has 1 saturated carbocycles. The third-order valence-corrected chi connectivity index (χ3v) is 7.89.